The smallest absolute Gasteiger partial charge is 0.400 e. The number of carbonyl (C=O) groups is 1. The van der Waals surface area contributed by atoms with Gasteiger partial charge in [0.1, 0.15) is 6.10 Å². The van der Waals surface area contributed by atoms with Crippen molar-refractivity contribution in [2.45, 2.75) is 38.9 Å². The Labute approximate surface area is 108 Å². The molecule has 0 bridgehead atoms. The molecule has 8 heteroatoms. The standard InChI is InChI=1S/C10H18O6S.H3N/c1-6-9(11)15-8(2)7-10(3,4)16-17(12,13)14-5;/h6,8H,1,7H2,2-5H3;1H3. The summed E-state index contributed by atoms with van der Waals surface area (Å²) in [5.74, 6) is -0.567. The lowest BCUT2D eigenvalue weighted by Gasteiger charge is -2.26. The molecule has 18 heavy (non-hydrogen) atoms. The molecule has 1 atom stereocenters. The van der Waals surface area contributed by atoms with Gasteiger partial charge in [-0.25, -0.2) is 8.98 Å². The van der Waals surface area contributed by atoms with Crippen molar-refractivity contribution in [1.82, 2.24) is 6.15 Å². The molecule has 0 heterocycles. The average Bonchev–Trinajstić information content (AvgIpc) is 2.14. The number of rotatable bonds is 7. The normalized spacial score (nSPS) is 13.3. The van der Waals surface area contributed by atoms with Crippen LogP contribution < -0.4 is 6.15 Å². The van der Waals surface area contributed by atoms with Crippen molar-refractivity contribution in [3.63, 3.8) is 0 Å². The highest BCUT2D eigenvalue weighted by molar-refractivity contribution is 7.81. The Bertz CT molecular complexity index is 376. The third kappa shape index (κ3) is 8.18. The summed E-state index contributed by atoms with van der Waals surface area (Å²) in [5.41, 5.74) is -1.03. The van der Waals surface area contributed by atoms with E-state index in [1.54, 1.807) is 20.8 Å². The van der Waals surface area contributed by atoms with E-state index in [0.29, 0.717) is 0 Å². The predicted octanol–water partition coefficient (Wildman–Crippen LogP) is 1.34. The molecule has 0 amide bonds. The first-order valence-electron chi connectivity index (χ1n) is 4.96. The molecule has 0 aliphatic heterocycles. The van der Waals surface area contributed by atoms with E-state index in [1.165, 1.54) is 0 Å². The third-order valence-corrected chi connectivity index (χ3v) is 2.86. The van der Waals surface area contributed by atoms with Gasteiger partial charge in [0.25, 0.3) is 0 Å². The molecule has 0 radical (unpaired) electrons. The zero-order valence-electron chi connectivity index (χ0n) is 11.1. The van der Waals surface area contributed by atoms with Crippen LogP contribution in [0.2, 0.25) is 0 Å². The van der Waals surface area contributed by atoms with Gasteiger partial charge in [-0.3, -0.25) is 4.18 Å². The lowest BCUT2D eigenvalue weighted by Crippen LogP contribution is -2.33. The minimum Gasteiger partial charge on any atom is -0.459 e. The van der Waals surface area contributed by atoms with E-state index in [4.69, 9.17) is 8.92 Å². The van der Waals surface area contributed by atoms with E-state index < -0.39 is 28.1 Å². The molecule has 0 aliphatic carbocycles. The summed E-state index contributed by atoms with van der Waals surface area (Å²) >= 11 is 0. The fraction of sp³-hybridized carbons (Fsp3) is 0.700. The Hall–Kier alpha value is -0.960. The van der Waals surface area contributed by atoms with Crippen LogP contribution in [0.25, 0.3) is 0 Å². The Morgan fingerprint density at radius 2 is 1.94 bits per heavy atom. The topological polar surface area (TPSA) is 114 Å². The van der Waals surface area contributed by atoms with E-state index >= 15 is 0 Å². The summed E-state index contributed by atoms with van der Waals surface area (Å²) < 4.78 is 36.1. The van der Waals surface area contributed by atoms with Gasteiger partial charge in [0, 0.05) is 12.5 Å². The second-order valence-corrected chi connectivity index (χ2v) is 5.39. The summed E-state index contributed by atoms with van der Waals surface area (Å²) in [5, 5.41) is 0. The summed E-state index contributed by atoms with van der Waals surface area (Å²) in [6.45, 7) is 8.01. The second kappa shape index (κ2) is 7.47. The minimum absolute atomic E-state index is 0. The van der Waals surface area contributed by atoms with Crippen molar-refractivity contribution in [3.05, 3.63) is 12.7 Å². The number of esters is 1. The quantitative estimate of drug-likeness (QED) is 0.554. The second-order valence-electron chi connectivity index (χ2n) is 4.07. The SMILES string of the molecule is C=CC(=O)OC(C)CC(C)(C)OS(=O)(=O)OC.N. The number of hydrogen-bond acceptors (Lipinski definition) is 7. The fourth-order valence-corrected chi connectivity index (χ4v) is 2.01. The molecule has 0 saturated carbocycles. The van der Waals surface area contributed by atoms with Crippen LogP contribution in [-0.2, 0) is 28.3 Å². The van der Waals surface area contributed by atoms with Crippen LogP contribution in [0.15, 0.2) is 12.7 Å². The van der Waals surface area contributed by atoms with Gasteiger partial charge >= 0.3 is 16.4 Å². The molecule has 0 spiro atoms. The highest BCUT2D eigenvalue weighted by atomic mass is 32.3. The molecule has 0 aromatic rings. The number of ether oxygens (including phenoxy) is 1. The van der Waals surface area contributed by atoms with E-state index in [0.717, 1.165) is 13.2 Å². The van der Waals surface area contributed by atoms with Crippen LogP contribution in [-0.4, -0.2) is 33.2 Å². The van der Waals surface area contributed by atoms with Crippen molar-refractivity contribution in [2.75, 3.05) is 7.11 Å². The molecular weight excluding hydrogens is 262 g/mol. The summed E-state index contributed by atoms with van der Waals surface area (Å²) in [7, 11) is -3.01. The van der Waals surface area contributed by atoms with Crippen LogP contribution in [0, 0.1) is 0 Å². The van der Waals surface area contributed by atoms with Gasteiger partial charge in [-0.15, -0.1) is 0 Å². The summed E-state index contributed by atoms with van der Waals surface area (Å²) in [4.78, 5) is 10.9. The maximum Gasteiger partial charge on any atom is 0.400 e. The van der Waals surface area contributed by atoms with Gasteiger partial charge in [-0.2, -0.15) is 8.42 Å². The highest BCUT2D eigenvalue weighted by Gasteiger charge is 2.29. The first-order chi connectivity index (χ1) is 7.62. The van der Waals surface area contributed by atoms with Gasteiger partial charge < -0.3 is 10.9 Å². The molecule has 3 N–H and O–H groups in total. The highest BCUT2D eigenvalue weighted by Crippen LogP contribution is 2.21. The molecule has 0 aromatic heterocycles. The van der Waals surface area contributed by atoms with Crippen molar-refractivity contribution < 1.29 is 26.3 Å². The minimum atomic E-state index is -4.02. The van der Waals surface area contributed by atoms with Crippen LogP contribution in [0.5, 0.6) is 0 Å². The lowest BCUT2D eigenvalue weighted by molar-refractivity contribution is -0.144. The zero-order chi connectivity index (χ0) is 13.7. The van der Waals surface area contributed by atoms with Gasteiger partial charge in [0.15, 0.2) is 0 Å². The van der Waals surface area contributed by atoms with Crippen molar-refractivity contribution >= 4 is 16.4 Å². The largest absolute Gasteiger partial charge is 0.459 e. The molecule has 0 aliphatic rings. The molecule has 1 unspecified atom stereocenters. The molecule has 0 rings (SSSR count). The Kier molecular flexibility index (Phi) is 8.04. The monoisotopic (exact) mass is 283 g/mol. The average molecular weight is 283 g/mol. The van der Waals surface area contributed by atoms with E-state index in [-0.39, 0.29) is 12.6 Å². The van der Waals surface area contributed by atoms with E-state index in [1.807, 2.05) is 0 Å². The maximum absolute atomic E-state index is 11.1. The Morgan fingerprint density at radius 1 is 1.44 bits per heavy atom. The van der Waals surface area contributed by atoms with Crippen molar-refractivity contribution in [2.24, 2.45) is 0 Å². The van der Waals surface area contributed by atoms with Gasteiger partial charge in [-0.05, 0) is 20.8 Å². The zero-order valence-corrected chi connectivity index (χ0v) is 12.0. The van der Waals surface area contributed by atoms with Gasteiger partial charge in [0.05, 0.1) is 12.7 Å². The summed E-state index contributed by atoms with van der Waals surface area (Å²) in [6, 6.07) is 0. The first kappa shape index (κ1) is 19.4. The Morgan fingerprint density at radius 3 is 2.33 bits per heavy atom. The van der Waals surface area contributed by atoms with Crippen molar-refractivity contribution in [1.29, 1.82) is 0 Å². The Balaban J connectivity index is 0. The first-order valence-corrected chi connectivity index (χ1v) is 6.29. The van der Waals surface area contributed by atoms with E-state index in [9.17, 15) is 13.2 Å². The van der Waals surface area contributed by atoms with Gasteiger partial charge in [-0.1, -0.05) is 6.58 Å². The molecule has 108 valence electrons. The summed E-state index contributed by atoms with van der Waals surface area (Å²) in [6.07, 6.45) is 0.744. The van der Waals surface area contributed by atoms with Crippen LogP contribution >= 0.6 is 0 Å². The molecule has 0 fully saturated rings. The molecule has 0 saturated heterocycles. The van der Waals surface area contributed by atoms with Crippen molar-refractivity contribution in [3.8, 4) is 0 Å². The lowest BCUT2D eigenvalue weighted by atomic mass is 10.0. The fourth-order valence-electron chi connectivity index (χ4n) is 1.32. The van der Waals surface area contributed by atoms with Crippen LogP contribution in [0.1, 0.15) is 27.2 Å². The predicted molar refractivity (Wildman–Crippen MR) is 66.5 cm³/mol. The van der Waals surface area contributed by atoms with Gasteiger partial charge in [0.2, 0.25) is 0 Å². The van der Waals surface area contributed by atoms with Crippen LogP contribution in [0.3, 0.4) is 0 Å². The molecule has 7 nitrogen and oxygen atoms in total. The molecule has 0 aromatic carbocycles. The number of hydrogen-bond donors (Lipinski definition) is 1. The molecular formula is C10H21NO6S. The van der Waals surface area contributed by atoms with E-state index in [2.05, 4.69) is 10.8 Å². The number of carbonyl (C=O) groups excluding carboxylic acids is 1. The maximum atomic E-state index is 11.1. The third-order valence-electron chi connectivity index (χ3n) is 1.79. The van der Waals surface area contributed by atoms with Crippen LogP contribution in [0.4, 0.5) is 0 Å².